The molecule has 26 heavy (non-hydrogen) atoms. The zero-order valence-electron chi connectivity index (χ0n) is 15.2. The predicted molar refractivity (Wildman–Crippen MR) is 92.2 cm³/mol. The van der Waals surface area contributed by atoms with E-state index in [1.54, 1.807) is 11.1 Å². The van der Waals surface area contributed by atoms with Crippen LogP contribution in [0.3, 0.4) is 0 Å². The first kappa shape index (κ1) is 18.1. The van der Waals surface area contributed by atoms with E-state index in [1.807, 2.05) is 20.8 Å². The second-order valence-corrected chi connectivity index (χ2v) is 7.47. The number of aromatic nitrogens is 2. The Hall–Kier alpha value is -2.71. The Balaban J connectivity index is 1.64. The van der Waals surface area contributed by atoms with Crippen LogP contribution in [0.2, 0.25) is 0 Å². The summed E-state index contributed by atoms with van der Waals surface area (Å²) in [4.78, 5) is 45.6. The highest BCUT2D eigenvalue weighted by molar-refractivity contribution is 6.01. The van der Waals surface area contributed by atoms with Crippen LogP contribution in [0.25, 0.3) is 0 Å². The summed E-state index contributed by atoms with van der Waals surface area (Å²) >= 11 is 0. The highest BCUT2D eigenvalue weighted by atomic mass is 16.6. The number of anilines is 1. The minimum atomic E-state index is -0.538. The molecule has 9 nitrogen and oxygen atoms in total. The van der Waals surface area contributed by atoms with Gasteiger partial charge in [0, 0.05) is 31.1 Å². The lowest BCUT2D eigenvalue weighted by Gasteiger charge is -2.30. The van der Waals surface area contributed by atoms with Crippen LogP contribution in [0.4, 0.5) is 10.7 Å². The Kier molecular flexibility index (Phi) is 4.80. The maximum atomic E-state index is 12.2. The fourth-order valence-electron chi connectivity index (χ4n) is 2.86. The number of amides is 3. The van der Waals surface area contributed by atoms with Crippen molar-refractivity contribution in [3.63, 3.8) is 0 Å². The molecule has 3 amide bonds. The van der Waals surface area contributed by atoms with Crippen molar-refractivity contribution < 1.29 is 19.1 Å². The summed E-state index contributed by atoms with van der Waals surface area (Å²) in [5.41, 5.74) is 1.16. The van der Waals surface area contributed by atoms with Crippen molar-refractivity contribution in [1.29, 1.82) is 0 Å². The van der Waals surface area contributed by atoms with Crippen LogP contribution in [-0.2, 0) is 27.3 Å². The number of carbonyl (C=O) groups excluding carboxylic acids is 3. The van der Waals surface area contributed by atoms with E-state index in [4.69, 9.17) is 4.74 Å². The number of fused-ring (bicyclic) bond motifs is 1. The molecule has 1 atom stereocenters. The second-order valence-electron chi connectivity index (χ2n) is 7.47. The molecule has 1 saturated heterocycles. The molecule has 9 heteroatoms. The first-order valence-corrected chi connectivity index (χ1v) is 8.64. The van der Waals surface area contributed by atoms with Crippen molar-refractivity contribution in [2.45, 2.75) is 58.2 Å². The van der Waals surface area contributed by atoms with E-state index in [1.165, 1.54) is 0 Å². The molecule has 2 N–H and O–H groups in total. The first-order chi connectivity index (χ1) is 12.2. The number of carbonyl (C=O) groups is 3. The van der Waals surface area contributed by atoms with Crippen molar-refractivity contribution in [2.75, 3.05) is 11.9 Å². The normalized spacial score (nSPS) is 20.3. The van der Waals surface area contributed by atoms with E-state index in [-0.39, 0.29) is 17.9 Å². The molecule has 0 spiro atoms. The SMILES string of the molecule is CC(C)(C)OC(=O)N1CCc2nc(NC3CCC(=O)NC3=O)ncc2C1. The number of hydrogen-bond acceptors (Lipinski definition) is 7. The number of piperidine rings is 1. The first-order valence-electron chi connectivity index (χ1n) is 8.64. The van der Waals surface area contributed by atoms with Gasteiger partial charge in [0.2, 0.25) is 17.8 Å². The molecule has 3 rings (SSSR count). The molecule has 3 heterocycles. The van der Waals surface area contributed by atoms with Crippen molar-refractivity contribution in [3.05, 3.63) is 17.5 Å². The molecule has 0 aliphatic carbocycles. The molecule has 140 valence electrons. The lowest BCUT2D eigenvalue weighted by molar-refractivity contribution is -0.133. The van der Waals surface area contributed by atoms with Gasteiger partial charge in [-0.05, 0) is 27.2 Å². The van der Waals surface area contributed by atoms with Gasteiger partial charge >= 0.3 is 6.09 Å². The molecule has 1 unspecified atom stereocenters. The topological polar surface area (TPSA) is 114 Å². The summed E-state index contributed by atoms with van der Waals surface area (Å²) in [7, 11) is 0. The predicted octanol–water partition coefficient (Wildman–Crippen LogP) is 0.987. The fraction of sp³-hybridized carbons (Fsp3) is 0.588. The van der Waals surface area contributed by atoms with Gasteiger partial charge in [-0.1, -0.05) is 0 Å². The summed E-state index contributed by atoms with van der Waals surface area (Å²) in [6.07, 6.45) is 2.60. The third-order valence-electron chi connectivity index (χ3n) is 4.13. The minimum Gasteiger partial charge on any atom is -0.444 e. The molecular weight excluding hydrogens is 338 g/mol. The zero-order chi connectivity index (χ0) is 18.9. The largest absolute Gasteiger partial charge is 0.444 e. The van der Waals surface area contributed by atoms with Crippen LogP contribution >= 0.6 is 0 Å². The number of nitrogens with zero attached hydrogens (tertiary/aromatic N) is 3. The lowest BCUT2D eigenvalue weighted by Crippen LogP contribution is -2.47. The van der Waals surface area contributed by atoms with Crippen LogP contribution < -0.4 is 10.6 Å². The second kappa shape index (κ2) is 6.89. The summed E-state index contributed by atoms with van der Waals surface area (Å²) in [6, 6.07) is -0.521. The fourth-order valence-corrected chi connectivity index (χ4v) is 2.86. The molecule has 1 fully saturated rings. The highest BCUT2D eigenvalue weighted by Gasteiger charge is 2.29. The van der Waals surface area contributed by atoms with Crippen molar-refractivity contribution in [2.24, 2.45) is 0 Å². The van der Waals surface area contributed by atoms with Gasteiger partial charge in [0.25, 0.3) is 0 Å². The van der Waals surface area contributed by atoms with Gasteiger partial charge in [-0.2, -0.15) is 0 Å². The van der Waals surface area contributed by atoms with Gasteiger partial charge in [-0.25, -0.2) is 14.8 Å². The third-order valence-corrected chi connectivity index (χ3v) is 4.13. The molecule has 0 bridgehead atoms. The molecule has 0 saturated carbocycles. The molecule has 0 aromatic carbocycles. The van der Waals surface area contributed by atoms with Crippen LogP contribution in [0, 0.1) is 0 Å². The molecule has 0 radical (unpaired) electrons. The maximum Gasteiger partial charge on any atom is 0.410 e. The number of ether oxygens (including phenoxy) is 1. The Morgan fingerprint density at radius 3 is 2.81 bits per heavy atom. The highest BCUT2D eigenvalue weighted by Crippen LogP contribution is 2.21. The van der Waals surface area contributed by atoms with E-state index >= 15 is 0 Å². The minimum absolute atomic E-state index is 0.262. The Morgan fingerprint density at radius 2 is 2.12 bits per heavy atom. The lowest BCUT2D eigenvalue weighted by atomic mass is 10.1. The van der Waals surface area contributed by atoms with Crippen molar-refractivity contribution in [3.8, 4) is 0 Å². The van der Waals surface area contributed by atoms with E-state index in [9.17, 15) is 14.4 Å². The number of hydrogen-bond donors (Lipinski definition) is 2. The zero-order valence-corrected chi connectivity index (χ0v) is 15.2. The van der Waals surface area contributed by atoms with Crippen LogP contribution in [0.1, 0.15) is 44.9 Å². The average Bonchev–Trinajstić information content (AvgIpc) is 2.55. The number of rotatable bonds is 2. The van der Waals surface area contributed by atoms with Gasteiger partial charge in [-0.3, -0.25) is 14.9 Å². The smallest absolute Gasteiger partial charge is 0.410 e. The van der Waals surface area contributed by atoms with E-state index in [0.717, 1.165) is 11.3 Å². The van der Waals surface area contributed by atoms with E-state index in [2.05, 4.69) is 20.6 Å². The maximum absolute atomic E-state index is 12.2. The van der Waals surface area contributed by atoms with Crippen LogP contribution in [0.5, 0.6) is 0 Å². The number of imide groups is 1. The average molecular weight is 361 g/mol. The summed E-state index contributed by atoms with van der Waals surface area (Å²) in [6.45, 7) is 6.40. The Labute approximate surface area is 151 Å². The van der Waals surface area contributed by atoms with Crippen molar-refractivity contribution >= 4 is 23.9 Å². The standard InChI is InChI=1S/C17H23N5O4/c1-17(2,3)26-16(25)22-7-6-11-10(9-22)8-18-15(19-11)20-12-4-5-13(23)21-14(12)24/h8,12H,4-7,9H2,1-3H3,(H,18,19,20)(H,21,23,24). The van der Waals surface area contributed by atoms with E-state index < -0.39 is 11.6 Å². The van der Waals surface area contributed by atoms with Crippen LogP contribution in [0.15, 0.2) is 6.20 Å². The van der Waals surface area contributed by atoms with Gasteiger partial charge in [0.15, 0.2) is 0 Å². The molecule has 1 aromatic heterocycles. The Morgan fingerprint density at radius 1 is 1.35 bits per heavy atom. The van der Waals surface area contributed by atoms with Crippen LogP contribution in [-0.4, -0.2) is 51.0 Å². The van der Waals surface area contributed by atoms with Crippen molar-refractivity contribution in [1.82, 2.24) is 20.2 Å². The van der Waals surface area contributed by atoms with Gasteiger partial charge < -0.3 is 15.0 Å². The van der Waals surface area contributed by atoms with E-state index in [0.29, 0.717) is 38.3 Å². The number of nitrogens with one attached hydrogen (secondary N) is 2. The van der Waals surface area contributed by atoms with Gasteiger partial charge in [-0.15, -0.1) is 0 Å². The quantitative estimate of drug-likeness (QED) is 0.755. The monoisotopic (exact) mass is 361 g/mol. The third kappa shape index (κ3) is 4.27. The molecule has 2 aliphatic heterocycles. The molecular formula is C17H23N5O4. The van der Waals surface area contributed by atoms with Gasteiger partial charge in [0.05, 0.1) is 12.2 Å². The summed E-state index contributed by atoms with van der Waals surface area (Å²) in [5, 5.41) is 5.27. The molecule has 2 aliphatic rings. The summed E-state index contributed by atoms with van der Waals surface area (Å²) in [5.74, 6) is -0.274. The molecule has 1 aromatic rings. The Bertz CT molecular complexity index is 743. The van der Waals surface area contributed by atoms with Gasteiger partial charge in [0.1, 0.15) is 11.6 Å². The summed E-state index contributed by atoms with van der Waals surface area (Å²) < 4.78 is 5.40.